The monoisotopic (exact) mass is 477 g/mol. The number of methoxy groups -OCH3 is 1. The normalized spacial score (nSPS) is 10.8. The lowest BCUT2D eigenvalue weighted by Gasteiger charge is -2.15. The predicted molar refractivity (Wildman–Crippen MR) is 118 cm³/mol. The fraction of sp³-hybridized carbons (Fsp3) is 0.217. The van der Waals surface area contributed by atoms with Crippen molar-refractivity contribution in [2.45, 2.75) is 19.6 Å². The second-order valence-corrected chi connectivity index (χ2v) is 7.83. The number of ether oxygens (including phenoxy) is 2. The highest BCUT2D eigenvalue weighted by atomic mass is 79.9. The smallest absolute Gasteiger partial charge is 0.175 e. The van der Waals surface area contributed by atoms with Gasteiger partial charge in [-0.05, 0) is 70.4 Å². The van der Waals surface area contributed by atoms with Gasteiger partial charge in [0.05, 0.1) is 11.6 Å². The topological polar surface area (TPSA) is 30.5 Å². The fourth-order valence-electron chi connectivity index (χ4n) is 2.90. The third kappa shape index (κ3) is 6.20. The van der Waals surface area contributed by atoms with Crippen LogP contribution in [0.1, 0.15) is 16.7 Å². The van der Waals surface area contributed by atoms with Gasteiger partial charge in [-0.25, -0.2) is 4.39 Å². The zero-order valence-electron chi connectivity index (χ0n) is 16.1. The molecule has 29 heavy (non-hydrogen) atoms. The minimum atomic E-state index is -0.288. The Labute approximate surface area is 183 Å². The molecule has 0 saturated heterocycles. The minimum Gasteiger partial charge on any atom is -0.493 e. The number of hydrogen-bond acceptors (Lipinski definition) is 3. The minimum absolute atomic E-state index is 0.125. The maximum atomic E-state index is 13.8. The van der Waals surface area contributed by atoms with Gasteiger partial charge in [0.15, 0.2) is 11.5 Å². The molecule has 3 aromatic carbocycles. The molecule has 0 heterocycles. The van der Waals surface area contributed by atoms with Crippen LogP contribution in [0, 0.1) is 5.82 Å². The van der Waals surface area contributed by atoms with Crippen molar-refractivity contribution in [3.05, 3.63) is 92.7 Å². The van der Waals surface area contributed by atoms with Gasteiger partial charge in [-0.2, -0.15) is 0 Å². The number of benzene rings is 3. The Kier molecular flexibility index (Phi) is 7.92. The van der Waals surface area contributed by atoms with Crippen LogP contribution in [-0.2, 0) is 19.6 Å². The summed E-state index contributed by atoms with van der Waals surface area (Å²) in [5.41, 5.74) is 2.79. The molecule has 0 aliphatic rings. The van der Waals surface area contributed by atoms with Crippen molar-refractivity contribution < 1.29 is 13.9 Å². The molecule has 0 atom stereocenters. The first kappa shape index (κ1) is 21.6. The second-order valence-electron chi connectivity index (χ2n) is 6.54. The zero-order valence-corrected chi connectivity index (χ0v) is 18.4. The van der Waals surface area contributed by atoms with Crippen LogP contribution < -0.4 is 14.8 Å². The lowest BCUT2D eigenvalue weighted by Crippen LogP contribution is -2.16. The number of hydrogen-bond donors (Lipinski definition) is 1. The Morgan fingerprint density at radius 1 is 1.03 bits per heavy atom. The van der Waals surface area contributed by atoms with Crippen LogP contribution in [0.15, 0.2) is 65.1 Å². The molecule has 0 fully saturated rings. The molecule has 3 rings (SSSR count). The summed E-state index contributed by atoms with van der Waals surface area (Å²) in [6.45, 7) is 1.66. The van der Waals surface area contributed by atoms with Gasteiger partial charge in [-0.1, -0.05) is 41.9 Å². The van der Waals surface area contributed by atoms with E-state index in [1.54, 1.807) is 25.3 Å². The van der Waals surface area contributed by atoms with Gasteiger partial charge in [-0.3, -0.25) is 0 Å². The van der Waals surface area contributed by atoms with Crippen molar-refractivity contribution in [1.29, 1.82) is 0 Å². The van der Waals surface area contributed by atoms with E-state index in [0.29, 0.717) is 23.6 Å². The Bertz CT molecular complexity index is 950. The lowest BCUT2D eigenvalue weighted by molar-refractivity contribution is 0.277. The molecule has 0 aliphatic carbocycles. The van der Waals surface area contributed by atoms with E-state index in [9.17, 15) is 4.39 Å². The maximum absolute atomic E-state index is 13.8. The average molecular weight is 479 g/mol. The van der Waals surface area contributed by atoms with Gasteiger partial charge in [0, 0.05) is 17.1 Å². The van der Waals surface area contributed by atoms with Crippen LogP contribution in [0.4, 0.5) is 4.39 Å². The largest absolute Gasteiger partial charge is 0.493 e. The van der Waals surface area contributed by atoms with Gasteiger partial charge in [0.25, 0.3) is 0 Å². The molecular formula is C23H22BrClFNO2. The first-order chi connectivity index (χ1) is 14.1. The van der Waals surface area contributed by atoms with Crippen LogP contribution in [0.25, 0.3) is 0 Å². The molecule has 3 nitrogen and oxygen atoms in total. The van der Waals surface area contributed by atoms with Crippen molar-refractivity contribution in [1.82, 2.24) is 5.32 Å². The van der Waals surface area contributed by atoms with E-state index in [-0.39, 0.29) is 12.4 Å². The molecule has 3 aromatic rings. The highest BCUT2D eigenvalue weighted by Crippen LogP contribution is 2.37. The summed E-state index contributed by atoms with van der Waals surface area (Å²) >= 11 is 9.46. The molecule has 0 saturated carbocycles. The van der Waals surface area contributed by atoms with E-state index in [2.05, 4.69) is 21.2 Å². The lowest BCUT2D eigenvalue weighted by atomic mass is 10.1. The summed E-state index contributed by atoms with van der Waals surface area (Å²) in [5.74, 6) is 0.870. The summed E-state index contributed by atoms with van der Waals surface area (Å²) in [6.07, 6.45) is 0.916. The van der Waals surface area contributed by atoms with Crippen LogP contribution >= 0.6 is 27.5 Å². The van der Waals surface area contributed by atoms with Crippen LogP contribution in [0.5, 0.6) is 11.5 Å². The first-order valence-electron chi connectivity index (χ1n) is 9.24. The standard InChI is InChI=1S/C23H22BrClFNO2/c1-28-22-13-17(14-27-11-10-16-6-8-19(25)9-7-16)12-20(24)23(22)29-15-18-4-2-3-5-21(18)26/h2-9,12-13,27H,10-11,14-15H2,1H3. The van der Waals surface area contributed by atoms with Gasteiger partial charge in [-0.15, -0.1) is 0 Å². The van der Waals surface area contributed by atoms with Gasteiger partial charge in [0.2, 0.25) is 0 Å². The zero-order chi connectivity index (χ0) is 20.6. The quantitative estimate of drug-likeness (QED) is 0.374. The highest BCUT2D eigenvalue weighted by molar-refractivity contribution is 9.10. The van der Waals surface area contributed by atoms with Crippen molar-refractivity contribution in [2.75, 3.05) is 13.7 Å². The van der Waals surface area contributed by atoms with Crippen molar-refractivity contribution in [3.8, 4) is 11.5 Å². The molecule has 0 radical (unpaired) electrons. The third-order valence-corrected chi connectivity index (χ3v) is 5.29. The average Bonchev–Trinajstić information content (AvgIpc) is 2.72. The predicted octanol–water partition coefficient (Wildman–Crippen LogP) is 6.16. The number of nitrogens with one attached hydrogen (secondary N) is 1. The summed E-state index contributed by atoms with van der Waals surface area (Å²) in [5, 5.41) is 4.17. The Balaban J connectivity index is 1.58. The number of rotatable bonds is 9. The van der Waals surface area contributed by atoms with Crippen LogP contribution in [0.2, 0.25) is 5.02 Å². The Morgan fingerprint density at radius 2 is 1.79 bits per heavy atom. The van der Waals surface area contributed by atoms with Crippen molar-refractivity contribution >= 4 is 27.5 Å². The Morgan fingerprint density at radius 3 is 2.52 bits per heavy atom. The van der Waals surface area contributed by atoms with Gasteiger partial charge in [0.1, 0.15) is 12.4 Å². The molecule has 0 unspecified atom stereocenters. The van der Waals surface area contributed by atoms with Gasteiger partial charge >= 0.3 is 0 Å². The van der Waals surface area contributed by atoms with Crippen molar-refractivity contribution in [2.24, 2.45) is 0 Å². The molecule has 0 bridgehead atoms. The second kappa shape index (κ2) is 10.6. The maximum Gasteiger partial charge on any atom is 0.175 e. The molecule has 1 N–H and O–H groups in total. The summed E-state index contributed by atoms with van der Waals surface area (Å²) in [7, 11) is 1.59. The molecule has 6 heteroatoms. The van der Waals surface area contributed by atoms with E-state index in [1.807, 2.05) is 36.4 Å². The fourth-order valence-corrected chi connectivity index (χ4v) is 3.63. The van der Waals surface area contributed by atoms with E-state index in [4.69, 9.17) is 21.1 Å². The van der Waals surface area contributed by atoms with E-state index >= 15 is 0 Å². The first-order valence-corrected chi connectivity index (χ1v) is 10.4. The van der Waals surface area contributed by atoms with Gasteiger partial charge < -0.3 is 14.8 Å². The molecule has 0 aliphatic heterocycles. The molecule has 0 aromatic heterocycles. The van der Waals surface area contributed by atoms with E-state index < -0.39 is 0 Å². The van der Waals surface area contributed by atoms with E-state index in [1.165, 1.54) is 11.6 Å². The summed E-state index contributed by atoms with van der Waals surface area (Å²) in [4.78, 5) is 0. The number of halogens is 3. The van der Waals surface area contributed by atoms with E-state index in [0.717, 1.165) is 28.0 Å². The van der Waals surface area contributed by atoms with Crippen LogP contribution in [0.3, 0.4) is 0 Å². The molecule has 0 amide bonds. The van der Waals surface area contributed by atoms with Crippen molar-refractivity contribution in [3.63, 3.8) is 0 Å². The summed E-state index contributed by atoms with van der Waals surface area (Å²) in [6, 6.07) is 18.3. The third-order valence-electron chi connectivity index (χ3n) is 4.45. The molecule has 0 spiro atoms. The highest BCUT2D eigenvalue weighted by Gasteiger charge is 2.13. The SMILES string of the molecule is COc1cc(CNCCc2ccc(Cl)cc2)cc(Br)c1OCc1ccccc1F. The summed E-state index contributed by atoms with van der Waals surface area (Å²) < 4.78 is 25.9. The molecular weight excluding hydrogens is 457 g/mol. The van der Waals surface area contributed by atoms with Crippen LogP contribution in [-0.4, -0.2) is 13.7 Å². The molecule has 152 valence electrons. The Hall–Kier alpha value is -2.08.